The quantitative estimate of drug-likeness (QED) is 0.900. The molecule has 0 aliphatic rings. The van der Waals surface area contributed by atoms with Crippen LogP contribution in [0.3, 0.4) is 0 Å². The lowest BCUT2D eigenvalue weighted by Crippen LogP contribution is -2.21. The Morgan fingerprint density at radius 2 is 2.22 bits per heavy atom. The number of pyridine rings is 1. The molecular formula is C14H18N2OS. The van der Waals surface area contributed by atoms with Crippen LogP contribution in [-0.4, -0.2) is 23.7 Å². The van der Waals surface area contributed by atoms with Gasteiger partial charge in [0.2, 0.25) is 0 Å². The van der Waals surface area contributed by atoms with Gasteiger partial charge in [-0.1, -0.05) is 12.1 Å². The highest BCUT2D eigenvalue weighted by molar-refractivity contribution is 7.09. The minimum Gasteiger partial charge on any atom is -0.389 e. The molecule has 0 saturated carbocycles. The minimum absolute atomic E-state index is 0.456. The maximum absolute atomic E-state index is 9.43. The van der Waals surface area contributed by atoms with Crippen LogP contribution in [0.25, 0.3) is 0 Å². The van der Waals surface area contributed by atoms with Crippen LogP contribution in [0.1, 0.15) is 23.5 Å². The van der Waals surface area contributed by atoms with Gasteiger partial charge in [-0.15, -0.1) is 11.3 Å². The molecule has 0 aliphatic heterocycles. The first-order valence-electron chi connectivity index (χ1n) is 6.04. The summed E-state index contributed by atoms with van der Waals surface area (Å²) in [5.41, 5.74) is 0.852. The van der Waals surface area contributed by atoms with Crippen molar-refractivity contribution >= 4 is 17.2 Å². The Hall–Kier alpha value is -1.39. The topological polar surface area (TPSA) is 36.4 Å². The highest BCUT2D eigenvalue weighted by Gasteiger charge is 2.05. The zero-order valence-electron chi connectivity index (χ0n) is 10.7. The monoisotopic (exact) mass is 262 g/mol. The second-order valence-electron chi connectivity index (χ2n) is 4.38. The fourth-order valence-electron chi connectivity index (χ4n) is 1.72. The fraction of sp³-hybridized carbons (Fsp3) is 0.357. The number of thiophene rings is 1. The summed E-state index contributed by atoms with van der Waals surface area (Å²) >= 11 is 1.79. The zero-order chi connectivity index (χ0) is 13.0. The predicted octanol–water partition coefficient (Wildman–Crippen LogP) is 2.88. The van der Waals surface area contributed by atoms with Gasteiger partial charge in [0.15, 0.2) is 0 Å². The Morgan fingerprint density at radius 1 is 1.39 bits per heavy atom. The molecule has 0 aromatic carbocycles. The molecular weight excluding hydrogens is 244 g/mol. The van der Waals surface area contributed by atoms with Gasteiger partial charge in [-0.3, -0.25) is 0 Å². The Kier molecular flexibility index (Phi) is 4.33. The summed E-state index contributed by atoms with van der Waals surface area (Å²) in [5.74, 6) is 0.941. The highest BCUT2D eigenvalue weighted by Crippen LogP contribution is 2.16. The largest absolute Gasteiger partial charge is 0.389 e. The number of aliphatic hydroxyl groups is 1. The van der Waals surface area contributed by atoms with Gasteiger partial charge in [0.1, 0.15) is 5.82 Å². The summed E-state index contributed by atoms with van der Waals surface area (Å²) in [7, 11) is 2.04. The first-order valence-corrected chi connectivity index (χ1v) is 6.92. The number of likely N-dealkylation sites (N-methyl/N-ethyl adjacent to an activating group) is 1. The molecule has 0 fully saturated rings. The van der Waals surface area contributed by atoms with Crippen molar-refractivity contribution in [2.45, 2.75) is 19.4 Å². The van der Waals surface area contributed by atoms with Crippen molar-refractivity contribution in [1.29, 1.82) is 0 Å². The second kappa shape index (κ2) is 5.98. The third-order valence-corrected chi connectivity index (χ3v) is 3.85. The van der Waals surface area contributed by atoms with E-state index in [1.54, 1.807) is 24.5 Å². The Bertz CT molecular complexity index is 465. The lowest BCUT2D eigenvalue weighted by atomic mass is 10.2. The summed E-state index contributed by atoms with van der Waals surface area (Å²) < 4.78 is 0. The molecule has 18 heavy (non-hydrogen) atoms. The molecule has 2 aromatic heterocycles. The van der Waals surface area contributed by atoms with Crippen molar-refractivity contribution < 1.29 is 5.11 Å². The maximum atomic E-state index is 9.43. The van der Waals surface area contributed by atoms with E-state index in [0.29, 0.717) is 0 Å². The lowest BCUT2D eigenvalue weighted by Gasteiger charge is -2.18. The van der Waals surface area contributed by atoms with Crippen LogP contribution in [0.15, 0.2) is 35.8 Å². The molecule has 1 N–H and O–H groups in total. The van der Waals surface area contributed by atoms with Crippen molar-refractivity contribution in [2.24, 2.45) is 0 Å². The van der Waals surface area contributed by atoms with Crippen molar-refractivity contribution in [3.63, 3.8) is 0 Å². The van der Waals surface area contributed by atoms with E-state index in [1.807, 2.05) is 19.2 Å². The van der Waals surface area contributed by atoms with Gasteiger partial charge in [0.25, 0.3) is 0 Å². The first-order chi connectivity index (χ1) is 8.66. The molecule has 0 aliphatic carbocycles. The summed E-state index contributed by atoms with van der Waals surface area (Å²) in [6, 6.07) is 8.11. The third-order valence-electron chi connectivity index (χ3n) is 2.92. The lowest BCUT2D eigenvalue weighted by molar-refractivity contribution is 0.199. The van der Waals surface area contributed by atoms with E-state index in [9.17, 15) is 5.11 Å². The highest BCUT2D eigenvalue weighted by atomic mass is 32.1. The number of hydrogen-bond donors (Lipinski definition) is 1. The van der Waals surface area contributed by atoms with E-state index >= 15 is 0 Å². The molecule has 96 valence electrons. The predicted molar refractivity (Wildman–Crippen MR) is 76.2 cm³/mol. The van der Waals surface area contributed by atoms with Crippen LogP contribution in [0.4, 0.5) is 5.82 Å². The Morgan fingerprint density at radius 3 is 2.78 bits per heavy atom. The van der Waals surface area contributed by atoms with Gasteiger partial charge in [0, 0.05) is 24.7 Å². The number of hydrogen-bond acceptors (Lipinski definition) is 4. The molecule has 0 unspecified atom stereocenters. The van der Waals surface area contributed by atoms with Crippen molar-refractivity contribution in [3.8, 4) is 0 Å². The number of anilines is 1. The molecule has 4 heteroatoms. The minimum atomic E-state index is -0.456. The van der Waals surface area contributed by atoms with Crippen LogP contribution < -0.4 is 4.90 Å². The van der Waals surface area contributed by atoms with Gasteiger partial charge in [0.05, 0.1) is 6.10 Å². The summed E-state index contributed by atoms with van der Waals surface area (Å²) in [6.45, 7) is 2.69. The van der Waals surface area contributed by atoms with Gasteiger partial charge < -0.3 is 10.0 Å². The molecule has 0 radical (unpaired) electrons. The molecule has 2 heterocycles. The van der Waals surface area contributed by atoms with Crippen LogP contribution >= 0.6 is 11.3 Å². The van der Waals surface area contributed by atoms with Crippen LogP contribution in [-0.2, 0) is 6.42 Å². The Balaban J connectivity index is 1.94. The number of aromatic nitrogens is 1. The van der Waals surface area contributed by atoms with Crippen molar-refractivity contribution in [2.75, 3.05) is 18.5 Å². The van der Waals surface area contributed by atoms with Gasteiger partial charge >= 0.3 is 0 Å². The molecule has 0 amide bonds. The molecule has 2 aromatic rings. The fourth-order valence-corrected chi connectivity index (χ4v) is 2.42. The number of aliphatic hydroxyl groups excluding tert-OH is 1. The average molecular weight is 262 g/mol. The van der Waals surface area contributed by atoms with E-state index < -0.39 is 6.10 Å². The van der Waals surface area contributed by atoms with Gasteiger partial charge in [-0.05, 0) is 36.4 Å². The Labute approximate surface area is 112 Å². The van der Waals surface area contributed by atoms with Crippen LogP contribution in [0.5, 0.6) is 0 Å². The summed E-state index contributed by atoms with van der Waals surface area (Å²) in [5, 5.41) is 11.5. The second-order valence-corrected chi connectivity index (χ2v) is 5.41. The van der Waals surface area contributed by atoms with Crippen LogP contribution in [0.2, 0.25) is 0 Å². The van der Waals surface area contributed by atoms with E-state index in [0.717, 1.165) is 24.3 Å². The van der Waals surface area contributed by atoms with Crippen molar-refractivity contribution in [1.82, 2.24) is 4.98 Å². The smallest absolute Gasteiger partial charge is 0.128 e. The SMILES string of the molecule is C[C@H](O)c1ccc(N(C)CCc2cccs2)nc1. The van der Waals surface area contributed by atoms with E-state index in [1.165, 1.54) is 4.88 Å². The molecule has 1 atom stereocenters. The molecule has 0 bridgehead atoms. The maximum Gasteiger partial charge on any atom is 0.128 e. The normalized spacial score (nSPS) is 12.4. The van der Waals surface area contributed by atoms with E-state index in [-0.39, 0.29) is 0 Å². The summed E-state index contributed by atoms with van der Waals surface area (Å²) in [4.78, 5) is 7.89. The number of rotatable bonds is 5. The zero-order valence-corrected chi connectivity index (χ0v) is 11.5. The molecule has 0 spiro atoms. The molecule has 3 nitrogen and oxygen atoms in total. The van der Waals surface area contributed by atoms with Crippen molar-refractivity contribution in [3.05, 3.63) is 46.3 Å². The first kappa shape index (κ1) is 13.1. The third kappa shape index (κ3) is 3.31. The number of nitrogens with zero attached hydrogens (tertiary/aromatic N) is 2. The standard InChI is InChI=1S/C14H18N2OS/c1-11(17)12-5-6-14(15-10-12)16(2)8-7-13-4-3-9-18-13/h3-6,9-11,17H,7-8H2,1-2H3/t11-/m0/s1. The average Bonchev–Trinajstić information content (AvgIpc) is 2.89. The van der Waals surface area contributed by atoms with E-state index in [4.69, 9.17) is 0 Å². The summed E-state index contributed by atoms with van der Waals surface area (Å²) in [6.07, 6.45) is 2.32. The van der Waals surface area contributed by atoms with Gasteiger partial charge in [-0.25, -0.2) is 4.98 Å². The molecule has 0 saturated heterocycles. The van der Waals surface area contributed by atoms with Crippen LogP contribution in [0, 0.1) is 0 Å². The van der Waals surface area contributed by atoms with E-state index in [2.05, 4.69) is 27.4 Å². The molecule has 2 rings (SSSR count). The van der Waals surface area contributed by atoms with Gasteiger partial charge in [-0.2, -0.15) is 0 Å².